The number of hydrogen-bond acceptors (Lipinski definition) is 3. The highest BCUT2D eigenvalue weighted by Gasteiger charge is 2.16. The molecule has 1 aromatic carbocycles. The molecule has 2 rings (SSSR count). The Balaban J connectivity index is 2.04. The van der Waals surface area contributed by atoms with Gasteiger partial charge in [-0.3, -0.25) is 9.88 Å². The van der Waals surface area contributed by atoms with Crippen LogP contribution in [-0.2, 0) is 13.0 Å². The van der Waals surface area contributed by atoms with E-state index in [1.807, 2.05) is 24.4 Å². The van der Waals surface area contributed by atoms with E-state index in [1.165, 1.54) is 5.56 Å². The Morgan fingerprint density at radius 3 is 2.45 bits per heavy atom. The third-order valence-electron chi connectivity index (χ3n) is 3.60. The van der Waals surface area contributed by atoms with Gasteiger partial charge in [0.05, 0.1) is 5.69 Å². The van der Waals surface area contributed by atoms with Gasteiger partial charge in [0.15, 0.2) is 0 Å². The van der Waals surface area contributed by atoms with Crippen LogP contribution in [0.5, 0.6) is 0 Å². The Morgan fingerprint density at radius 1 is 1.10 bits per heavy atom. The smallest absolute Gasteiger partial charge is 0.0544 e. The van der Waals surface area contributed by atoms with Crippen molar-refractivity contribution >= 4 is 0 Å². The van der Waals surface area contributed by atoms with Crippen LogP contribution in [0.25, 0.3) is 0 Å². The minimum absolute atomic E-state index is 0.351. The zero-order valence-corrected chi connectivity index (χ0v) is 12.1. The van der Waals surface area contributed by atoms with Crippen LogP contribution in [0, 0.1) is 0 Å². The average Bonchev–Trinajstić information content (AvgIpc) is 2.52. The normalized spacial score (nSPS) is 12.6. The molecule has 1 atom stereocenters. The topological polar surface area (TPSA) is 42.2 Å². The molecule has 2 N–H and O–H groups in total. The van der Waals surface area contributed by atoms with Gasteiger partial charge in [0, 0.05) is 25.3 Å². The van der Waals surface area contributed by atoms with Crippen molar-refractivity contribution in [3.8, 4) is 0 Å². The predicted octanol–water partition coefficient (Wildman–Crippen LogP) is 2.47. The van der Waals surface area contributed by atoms with Crippen molar-refractivity contribution in [1.82, 2.24) is 9.88 Å². The van der Waals surface area contributed by atoms with Gasteiger partial charge in [-0.15, -0.1) is 0 Å². The summed E-state index contributed by atoms with van der Waals surface area (Å²) in [5.74, 6) is 0. The SMILES string of the molecule is CCN(Cc1ccccn1)C(CN)Cc1ccccc1. The van der Waals surface area contributed by atoms with Crippen molar-refractivity contribution in [2.45, 2.75) is 25.9 Å². The van der Waals surface area contributed by atoms with Gasteiger partial charge in [-0.05, 0) is 30.7 Å². The van der Waals surface area contributed by atoms with Gasteiger partial charge in [-0.2, -0.15) is 0 Å². The largest absolute Gasteiger partial charge is 0.329 e. The lowest BCUT2D eigenvalue weighted by molar-refractivity contribution is 0.198. The van der Waals surface area contributed by atoms with Crippen LogP contribution < -0.4 is 5.73 Å². The van der Waals surface area contributed by atoms with Crippen LogP contribution in [0.1, 0.15) is 18.2 Å². The fourth-order valence-electron chi connectivity index (χ4n) is 2.45. The second kappa shape index (κ2) is 7.78. The van der Waals surface area contributed by atoms with Gasteiger partial charge in [-0.25, -0.2) is 0 Å². The molecule has 20 heavy (non-hydrogen) atoms. The molecule has 0 bridgehead atoms. The van der Waals surface area contributed by atoms with Gasteiger partial charge in [-0.1, -0.05) is 43.3 Å². The quantitative estimate of drug-likeness (QED) is 0.839. The zero-order chi connectivity index (χ0) is 14.2. The maximum atomic E-state index is 5.99. The van der Waals surface area contributed by atoms with E-state index in [0.29, 0.717) is 12.6 Å². The molecule has 0 saturated carbocycles. The van der Waals surface area contributed by atoms with E-state index in [2.05, 4.69) is 47.1 Å². The second-order valence-corrected chi connectivity index (χ2v) is 4.96. The lowest BCUT2D eigenvalue weighted by atomic mass is 10.0. The van der Waals surface area contributed by atoms with Crippen LogP contribution >= 0.6 is 0 Å². The van der Waals surface area contributed by atoms with Crippen LogP contribution in [0.15, 0.2) is 54.7 Å². The predicted molar refractivity (Wildman–Crippen MR) is 83.3 cm³/mol. The summed E-state index contributed by atoms with van der Waals surface area (Å²) < 4.78 is 0. The summed E-state index contributed by atoms with van der Waals surface area (Å²) in [6.45, 7) is 4.67. The molecule has 0 fully saturated rings. The highest BCUT2D eigenvalue weighted by atomic mass is 15.2. The fraction of sp³-hybridized carbons (Fsp3) is 0.353. The molecular formula is C17H23N3. The first-order valence-electron chi connectivity index (χ1n) is 7.21. The number of aromatic nitrogens is 1. The summed E-state index contributed by atoms with van der Waals surface area (Å²) in [4.78, 5) is 6.81. The minimum atomic E-state index is 0.351. The van der Waals surface area contributed by atoms with Gasteiger partial charge in [0.1, 0.15) is 0 Å². The van der Waals surface area contributed by atoms with E-state index < -0.39 is 0 Å². The van der Waals surface area contributed by atoms with Crippen molar-refractivity contribution < 1.29 is 0 Å². The van der Waals surface area contributed by atoms with Gasteiger partial charge >= 0.3 is 0 Å². The molecule has 0 aliphatic rings. The first kappa shape index (κ1) is 14.7. The molecule has 0 aliphatic carbocycles. The first-order valence-corrected chi connectivity index (χ1v) is 7.21. The molecule has 1 heterocycles. The van der Waals surface area contributed by atoms with Crippen LogP contribution in [-0.4, -0.2) is 29.0 Å². The Bertz CT molecular complexity index is 437. The van der Waals surface area contributed by atoms with Crippen LogP contribution in [0.3, 0.4) is 0 Å². The summed E-state index contributed by atoms with van der Waals surface area (Å²) in [7, 11) is 0. The van der Waals surface area contributed by atoms with Crippen molar-refractivity contribution in [2.75, 3.05) is 13.1 Å². The van der Waals surface area contributed by atoms with Gasteiger partial charge in [0.25, 0.3) is 0 Å². The number of benzene rings is 1. The molecule has 0 radical (unpaired) electrons. The third kappa shape index (κ3) is 4.15. The lowest BCUT2D eigenvalue weighted by Crippen LogP contribution is -2.41. The molecule has 1 unspecified atom stereocenters. The zero-order valence-electron chi connectivity index (χ0n) is 12.1. The number of nitrogens with two attached hydrogens (primary N) is 1. The van der Waals surface area contributed by atoms with Gasteiger partial charge < -0.3 is 5.73 Å². The average molecular weight is 269 g/mol. The lowest BCUT2D eigenvalue weighted by Gasteiger charge is -2.29. The van der Waals surface area contributed by atoms with Crippen molar-refractivity contribution in [2.24, 2.45) is 5.73 Å². The highest BCUT2D eigenvalue weighted by Crippen LogP contribution is 2.11. The molecule has 0 saturated heterocycles. The number of rotatable bonds is 7. The first-order chi connectivity index (χ1) is 9.83. The molecule has 106 valence electrons. The summed E-state index contributed by atoms with van der Waals surface area (Å²) in [6, 6.07) is 16.9. The van der Waals surface area contributed by atoms with Crippen molar-refractivity contribution in [3.05, 3.63) is 66.0 Å². The minimum Gasteiger partial charge on any atom is -0.329 e. The van der Waals surface area contributed by atoms with E-state index in [9.17, 15) is 0 Å². The number of likely N-dealkylation sites (N-methyl/N-ethyl adjacent to an activating group) is 1. The maximum absolute atomic E-state index is 5.99. The Kier molecular flexibility index (Phi) is 5.71. The molecule has 0 amide bonds. The Hall–Kier alpha value is -1.71. The van der Waals surface area contributed by atoms with E-state index in [4.69, 9.17) is 5.73 Å². The maximum Gasteiger partial charge on any atom is 0.0544 e. The standard InChI is InChI=1S/C17H23N3/c1-2-20(14-16-10-6-7-11-19-16)17(13-18)12-15-8-4-3-5-9-15/h3-11,17H,2,12-14,18H2,1H3. The van der Waals surface area contributed by atoms with Crippen LogP contribution in [0.2, 0.25) is 0 Å². The molecular weight excluding hydrogens is 246 g/mol. The Labute approximate surface area is 121 Å². The van der Waals surface area contributed by atoms with E-state index in [0.717, 1.165) is 25.2 Å². The second-order valence-electron chi connectivity index (χ2n) is 4.96. The molecule has 3 nitrogen and oxygen atoms in total. The van der Waals surface area contributed by atoms with E-state index in [1.54, 1.807) is 0 Å². The highest BCUT2D eigenvalue weighted by molar-refractivity contribution is 5.16. The number of pyridine rings is 1. The fourth-order valence-corrected chi connectivity index (χ4v) is 2.45. The number of nitrogens with zero attached hydrogens (tertiary/aromatic N) is 2. The Morgan fingerprint density at radius 2 is 1.85 bits per heavy atom. The van der Waals surface area contributed by atoms with E-state index >= 15 is 0 Å². The van der Waals surface area contributed by atoms with Gasteiger partial charge in [0.2, 0.25) is 0 Å². The molecule has 1 aromatic heterocycles. The summed E-state index contributed by atoms with van der Waals surface area (Å²) in [6.07, 6.45) is 2.83. The summed E-state index contributed by atoms with van der Waals surface area (Å²) in [5, 5.41) is 0. The van der Waals surface area contributed by atoms with Crippen molar-refractivity contribution in [1.29, 1.82) is 0 Å². The van der Waals surface area contributed by atoms with Crippen molar-refractivity contribution in [3.63, 3.8) is 0 Å². The summed E-state index contributed by atoms with van der Waals surface area (Å²) in [5.41, 5.74) is 8.42. The molecule has 2 aromatic rings. The monoisotopic (exact) mass is 269 g/mol. The molecule has 3 heteroatoms. The molecule has 0 aliphatic heterocycles. The number of hydrogen-bond donors (Lipinski definition) is 1. The third-order valence-corrected chi connectivity index (χ3v) is 3.60. The van der Waals surface area contributed by atoms with E-state index in [-0.39, 0.29) is 0 Å². The molecule has 0 spiro atoms. The summed E-state index contributed by atoms with van der Waals surface area (Å²) >= 11 is 0. The van der Waals surface area contributed by atoms with Crippen LogP contribution in [0.4, 0.5) is 0 Å².